The zero-order valence-corrected chi connectivity index (χ0v) is 9.64. The van der Waals surface area contributed by atoms with Gasteiger partial charge in [-0.25, -0.2) is 4.79 Å². The van der Waals surface area contributed by atoms with Gasteiger partial charge >= 0.3 is 12.2 Å². The maximum atomic E-state index is 13.0. The Kier molecular flexibility index (Phi) is 2.95. The van der Waals surface area contributed by atoms with Crippen LogP contribution in [0.15, 0.2) is 12.3 Å². The van der Waals surface area contributed by atoms with E-state index in [-0.39, 0.29) is 5.82 Å². The predicted octanol–water partition coefficient (Wildman–Crippen LogP) is 2.26. The largest absolute Gasteiger partial charge is 0.411 e. The van der Waals surface area contributed by atoms with Crippen molar-refractivity contribution < 1.29 is 18.0 Å². The molecule has 8 heteroatoms. The van der Waals surface area contributed by atoms with E-state index < -0.39 is 23.7 Å². The van der Waals surface area contributed by atoms with Gasteiger partial charge in [-0.1, -0.05) is 0 Å². The maximum absolute atomic E-state index is 13.0. The standard InChI is InChI=1S/C10H13F3N4O/c1-9(6-2-3-6,10(11,12)13)16-8(18)15-7-4-5-14-17-7/h4-6H,2-3H2,1H3,(H3,14,15,16,17,18). The van der Waals surface area contributed by atoms with E-state index in [1.165, 1.54) is 12.3 Å². The topological polar surface area (TPSA) is 69.8 Å². The first-order valence-corrected chi connectivity index (χ1v) is 5.48. The van der Waals surface area contributed by atoms with Crippen molar-refractivity contribution in [3.05, 3.63) is 12.3 Å². The normalized spacial score (nSPS) is 19.1. The lowest BCUT2D eigenvalue weighted by Gasteiger charge is -2.33. The molecule has 0 bridgehead atoms. The summed E-state index contributed by atoms with van der Waals surface area (Å²) >= 11 is 0. The number of aromatic nitrogens is 2. The van der Waals surface area contributed by atoms with Crippen LogP contribution in [0, 0.1) is 5.92 Å². The van der Waals surface area contributed by atoms with E-state index >= 15 is 0 Å². The zero-order chi connectivity index (χ0) is 13.4. The third-order valence-electron chi connectivity index (χ3n) is 3.10. The first-order chi connectivity index (χ1) is 8.33. The van der Waals surface area contributed by atoms with Gasteiger partial charge in [0.25, 0.3) is 0 Å². The fourth-order valence-corrected chi connectivity index (χ4v) is 1.78. The molecule has 1 saturated carbocycles. The number of aromatic amines is 1. The van der Waals surface area contributed by atoms with Crippen LogP contribution >= 0.6 is 0 Å². The highest BCUT2D eigenvalue weighted by molar-refractivity contribution is 5.88. The molecule has 18 heavy (non-hydrogen) atoms. The average molecular weight is 262 g/mol. The Hall–Kier alpha value is -1.73. The Bertz CT molecular complexity index is 427. The summed E-state index contributed by atoms with van der Waals surface area (Å²) in [6.45, 7) is 1.01. The first kappa shape index (κ1) is 12.7. The van der Waals surface area contributed by atoms with Crippen LogP contribution in [0.1, 0.15) is 19.8 Å². The van der Waals surface area contributed by atoms with Gasteiger partial charge < -0.3 is 5.32 Å². The number of urea groups is 1. The van der Waals surface area contributed by atoms with Crippen molar-refractivity contribution in [1.29, 1.82) is 0 Å². The van der Waals surface area contributed by atoms with Crippen molar-refractivity contribution in [3.63, 3.8) is 0 Å². The molecule has 100 valence electrons. The zero-order valence-electron chi connectivity index (χ0n) is 9.64. The van der Waals surface area contributed by atoms with Crippen LogP contribution in [0.3, 0.4) is 0 Å². The minimum absolute atomic E-state index is 0.243. The minimum Gasteiger partial charge on any atom is -0.323 e. The second-order valence-corrected chi connectivity index (χ2v) is 4.52. The molecule has 1 atom stereocenters. The van der Waals surface area contributed by atoms with Gasteiger partial charge in [-0.15, -0.1) is 0 Å². The van der Waals surface area contributed by atoms with Crippen LogP contribution in [-0.2, 0) is 0 Å². The van der Waals surface area contributed by atoms with Gasteiger partial charge in [-0.05, 0) is 25.7 Å². The van der Waals surface area contributed by atoms with Crippen LogP contribution in [0.5, 0.6) is 0 Å². The number of nitrogens with one attached hydrogen (secondary N) is 3. The Morgan fingerprint density at radius 2 is 2.17 bits per heavy atom. The number of anilines is 1. The van der Waals surface area contributed by atoms with E-state index in [2.05, 4.69) is 15.5 Å². The molecule has 5 nitrogen and oxygen atoms in total. The molecule has 1 heterocycles. The van der Waals surface area contributed by atoms with Crippen LogP contribution in [0.4, 0.5) is 23.8 Å². The number of rotatable bonds is 3. The monoisotopic (exact) mass is 262 g/mol. The Labute approximate surface area is 101 Å². The summed E-state index contributed by atoms with van der Waals surface area (Å²) in [7, 11) is 0. The summed E-state index contributed by atoms with van der Waals surface area (Å²) in [5.41, 5.74) is -2.18. The van der Waals surface area contributed by atoms with E-state index in [9.17, 15) is 18.0 Å². The van der Waals surface area contributed by atoms with Gasteiger partial charge in [0.1, 0.15) is 11.4 Å². The van der Waals surface area contributed by atoms with Crippen molar-refractivity contribution in [2.75, 3.05) is 5.32 Å². The number of hydrogen-bond acceptors (Lipinski definition) is 2. The summed E-state index contributed by atoms with van der Waals surface area (Å²) in [6.07, 6.45) is -2.14. The molecule has 0 spiro atoms. The van der Waals surface area contributed by atoms with Gasteiger partial charge in [0.15, 0.2) is 0 Å². The smallest absolute Gasteiger partial charge is 0.323 e. The molecule has 0 aromatic carbocycles. The summed E-state index contributed by atoms with van der Waals surface area (Å²) < 4.78 is 38.9. The van der Waals surface area contributed by atoms with Crippen molar-refractivity contribution >= 4 is 11.8 Å². The highest BCUT2D eigenvalue weighted by Crippen LogP contribution is 2.47. The molecular weight excluding hydrogens is 249 g/mol. The molecule has 1 aromatic heterocycles. The van der Waals surface area contributed by atoms with Crippen LogP contribution in [0.2, 0.25) is 0 Å². The summed E-state index contributed by atoms with van der Waals surface area (Å²) in [5.74, 6) is -0.308. The van der Waals surface area contributed by atoms with Crippen molar-refractivity contribution in [1.82, 2.24) is 15.5 Å². The molecule has 2 amide bonds. The highest BCUT2D eigenvalue weighted by atomic mass is 19.4. The van der Waals surface area contributed by atoms with E-state index in [0.29, 0.717) is 12.8 Å². The average Bonchev–Trinajstić information content (AvgIpc) is 2.98. The summed E-state index contributed by atoms with van der Waals surface area (Å²) in [4.78, 5) is 11.5. The second kappa shape index (κ2) is 4.18. The van der Waals surface area contributed by atoms with Gasteiger partial charge in [0, 0.05) is 6.07 Å². The lowest BCUT2D eigenvalue weighted by molar-refractivity contribution is -0.193. The molecule has 1 unspecified atom stereocenters. The van der Waals surface area contributed by atoms with Crippen molar-refractivity contribution in [3.8, 4) is 0 Å². The number of carbonyl (C=O) groups excluding carboxylic acids is 1. The van der Waals surface area contributed by atoms with Gasteiger partial charge in [-0.3, -0.25) is 10.4 Å². The van der Waals surface area contributed by atoms with Crippen LogP contribution in [-0.4, -0.2) is 27.9 Å². The predicted molar refractivity (Wildman–Crippen MR) is 57.9 cm³/mol. The molecule has 1 aromatic rings. The van der Waals surface area contributed by atoms with Crippen molar-refractivity contribution in [2.24, 2.45) is 5.92 Å². The van der Waals surface area contributed by atoms with E-state index in [4.69, 9.17) is 0 Å². The van der Waals surface area contributed by atoms with Gasteiger partial charge in [-0.2, -0.15) is 18.3 Å². The molecule has 3 N–H and O–H groups in total. The quantitative estimate of drug-likeness (QED) is 0.782. The van der Waals surface area contributed by atoms with E-state index in [0.717, 1.165) is 6.92 Å². The van der Waals surface area contributed by atoms with E-state index in [1.54, 1.807) is 0 Å². The summed E-state index contributed by atoms with van der Waals surface area (Å²) in [5, 5.41) is 10.3. The van der Waals surface area contributed by atoms with Crippen LogP contribution in [0.25, 0.3) is 0 Å². The number of H-pyrrole nitrogens is 1. The molecule has 1 aliphatic rings. The molecule has 1 fully saturated rings. The fraction of sp³-hybridized carbons (Fsp3) is 0.600. The third kappa shape index (κ3) is 2.41. The molecule has 1 aliphatic carbocycles. The van der Waals surface area contributed by atoms with Crippen LogP contribution < -0.4 is 10.6 Å². The highest BCUT2D eigenvalue weighted by Gasteiger charge is 2.60. The molecule has 0 radical (unpaired) electrons. The Balaban J connectivity index is 2.03. The molecule has 0 aliphatic heterocycles. The Morgan fingerprint density at radius 3 is 2.61 bits per heavy atom. The lowest BCUT2D eigenvalue weighted by atomic mass is 9.95. The number of nitrogens with zero attached hydrogens (tertiary/aromatic N) is 1. The first-order valence-electron chi connectivity index (χ1n) is 5.48. The number of hydrogen-bond donors (Lipinski definition) is 3. The van der Waals surface area contributed by atoms with Gasteiger partial charge in [0.05, 0.1) is 6.20 Å². The lowest BCUT2D eigenvalue weighted by Crippen LogP contribution is -2.59. The SMILES string of the molecule is CC(NC(=O)Nc1ccn[nH]1)(C1CC1)C(F)(F)F. The number of carbonyl (C=O) groups is 1. The number of alkyl halides is 3. The number of amides is 2. The maximum Gasteiger partial charge on any atom is 0.411 e. The third-order valence-corrected chi connectivity index (χ3v) is 3.10. The molecule has 0 saturated heterocycles. The molecular formula is C10H13F3N4O. The fourth-order valence-electron chi connectivity index (χ4n) is 1.78. The molecule has 2 rings (SSSR count). The summed E-state index contributed by atoms with van der Waals surface area (Å²) in [6, 6.07) is 0.549. The van der Waals surface area contributed by atoms with Crippen molar-refractivity contribution in [2.45, 2.75) is 31.5 Å². The Morgan fingerprint density at radius 1 is 1.50 bits per heavy atom. The minimum atomic E-state index is -4.47. The van der Waals surface area contributed by atoms with Gasteiger partial charge in [0.2, 0.25) is 0 Å². The van der Waals surface area contributed by atoms with E-state index in [1.807, 2.05) is 5.32 Å². The number of halogens is 3. The second-order valence-electron chi connectivity index (χ2n) is 4.52.